The number of rotatable bonds is 1. The van der Waals surface area contributed by atoms with Gasteiger partial charge in [-0.3, -0.25) is 0 Å². The Balaban J connectivity index is 1.73. The fourth-order valence-corrected chi connectivity index (χ4v) is 3.16. The van der Waals surface area contributed by atoms with Gasteiger partial charge in [-0.15, -0.1) is 0 Å². The van der Waals surface area contributed by atoms with E-state index >= 15 is 0 Å². The van der Waals surface area contributed by atoms with Crippen LogP contribution in [0.2, 0.25) is 0 Å². The molecule has 1 aliphatic rings. The number of hydrogen-bond acceptors (Lipinski definition) is 1. The van der Waals surface area contributed by atoms with Crippen molar-refractivity contribution >= 4 is 11.0 Å². The summed E-state index contributed by atoms with van der Waals surface area (Å²) in [6.45, 7) is 0. The number of aromatic amines is 1. The van der Waals surface area contributed by atoms with E-state index in [-0.39, 0.29) is 11.4 Å². The molecule has 0 bridgehead atoms. The number of aryl methyl sites for hydroxylation is 1. The molecule has 0 saturated heterocycles. The van der Waals surface area contributed by atoms with Crippen LogP contribution in [0, 0.1) is 11.6 Å². The molecule has 1 N–H and O–H groups in total. The quantitative estimate of drug-likeness (QED) is 0.715. The average Bonchev–Trinajstić information content (AvgIpc) is 2.95. The molecule has 0 spiro atoms. The van der Waals surface area contributed by atoms with Gasteiger partial charge in [0.15, 0.2) is 11.6 Å². The van der Waals surface area contributed by atoms with E-state index in [2.05, 4.69) is 28.2 Å². The molecule has 1 aromatic heterocycles. The van der Waals surface area contributed by atoms with Gasteiger partial charge in [0.25, 0.3) is 0 Å². The molecule has 2 aromatic carbocycles. The van der Waals surface area contributed by atoms with Gasteiger partial charge in [0.1, 0.15) is 11.3 Å². The number of fused-ring (bicyclic) bond motifs is 2. The van der Waals surface area contributed by atoms with Crippen LogP contribution < -0.4 is 0 Å². The largest absolute Gasteiger partial charge is 0.342 e. The highest BCUT2D eigenvalue weighted by Gasteiger charge is 2.23. The van der Waals surface area contributed by atoms with Crippen LogP contribution in [0.1, 0.15) is 29.3 Å². The molecule has 1 aliphatic carbocycles. The van der Waals surface area contributed by atoms with Crippen LogP contribution in [-0.4, -0.2) is 9.97 Å². The number of halogens is 2. The van der Waals surface area contributed by atoms with Gasteiger partial charge in [0.2, 0.25) is 0 Å². The van der Waals surface area contributed by atoms with Crippen LogP contribution in [0.15, 0.2) is 36.4 Å². The topological polar surface area (TPSA) is 28.7 Å². The number of nitrogens with zero attached hydrogens (tertiary/aromatic N) is 1. The summed E-state index contributed by atoms with van der Waals surface area (Å²) < 4.78 is 27.0. The molecule has 1 heterocycles. The molecule has 0 amide bonds. The normalized spacial score (nSPS) is 17.9. The Labute approximate surface area is 120 Å². The van der Waals surface area contributed by atoms with Crippen molar-refractivity contribution in [2.75, 3.05) is 0 Å². The monoisotopic (exact) mass is 284 g/mol. The summed E-state index contributed by atoms with van der Waals surface area (Å²) in [5.74, 6) is -0.737. The van der Waals surface area contributed by atoms with Crippen molar-refractivity contribution < 1.29 is 8.78 Å². The Morgan fingerprint density at radius 1 is 1.05 bits per heavy atom. The molecule has 0 fully saturated rings. The van der Waals surface area contributed by atoms with E-state index in [1.807, 2.05) is 6.07 Å². The van der Waals surface area contributed by atoms with Crippen molar-refractivity contribution in [1.29, 1.82) is 0 Å². The summed E-state index contributed by atoms with van der Waals surface area (Å²) in [6, 6.07) is 11.0. The first kappa shape index (κ1) is 12.5. The molecule has 0 aliphatic heterocycles. The van der Waals surface area contributed by atoms with Gasteiger partial charge >= 0.3 is 0 Å². The van der Waals surface area contributed by atoms with Crippen molar-refractivity contribution in [1.82, 2.24) is 9.97 Å². The minimum absolute atomic E-state index is 0.101. The number of aromatic nitrogens is 2. The fourth-order valence-electron chi connectivity index (χ4n) is 3.16. The van der Waals surface area contributed by atoms with Gasteiger partial charge in [-0.25, -0.2) is 13.8 Å². The maximum Gasteiger partial charge on any atom is 0.186 e. The third-order valence-corrected chi connectivity index (χ3v) is 4.30. The summed E-state index contributed by atoms with van der Waals surface area (Å²) in [6.07, 6.45) is 2.86. The number of hydrogen-bond donors (Lipinski definition) is 1. The van der Waals surface area contributed by atoms with Gasteiger partial charge in [-0.2, -0.15) is 0 Å². The van der Waals surface area contributed by atoms with Crippen LogP contribution in [0.5, 0.6) is 0 Å². The molecule has 0 radical (unpaired) electrons. The third-order valence-electron chi connectivity index (χ3n) is 4.30. The van der Waals surface area contributed by atoms with E-state index in [4.69, 9.17) is 0 Å². The summed E-state index contributed by atoms with van der Waals surface area (Å²) in [5.41, 5.74) is 3.36. The standard InChI is InChI=1S/C17H14F2N2/c18-13-7-8-14-16(15(13)19)21-17(20-14)12-6-5-10-3-1-2-4-11(10)9-12/h1-4,7-8,12H,5-6,9H2,(H,20,21). The van der Waals surface area contributed by atoms with Gasteiger partial charge in [-0.1, -0.05) is 24.3 Å². The first-order valence-electron chi connectivity index (χ1n) is 7.13. The smallest absolute Gasteiger partial charge is 0.186 e. The zero-order valence-corrected chi connectivity index (χ0v) is 11.4. The highest BCUT2D eigenvalue weighted by Crippen LogP contribution is 2.32. The lowest BCUT2D eigenvalue weighted by Crippen LogP contribution is -2.13. The van der Waals surface area contributed by atoms with Crippen LogP contribution in [0.4, 0.5) is 8.78 Å². The minimum atomic E-state index is -0.869. The van der Waals surface area contributed by atoms with Crippen LogP contribution in [0.3, 0.4) is 0 Å². The van der Waals surface area contributed by atoms with Gasteiger partial charge in [0, 0.05) is 5.92 Å². The predicted octanol–water partition coefficient (Wildman–Crippen LogP) is 4.11. The molecule has 3 aromatic rings. The van der Waals surface area contributed by atoms with Crippen molar-refractivity contribution in [3.05, 3.63) is 65.0 Å². The molecule has 4 rings (SSSR count). The Kier molecular flexibility index (Phi) is 2.77. The lowest BCUT2D eigenvalue weighted by Gasteiger charge is -2.22. The van der Waals surface area contributed by atoms with E-state index in [9.17, 15) is 8.78 Å². The number of H-pyrrole nitrogens is 1. The second kappa shape index (κ2) is 4.65. The minimum Gasteiger partial charge on any atom is -0.342 e. The van der Waals surface area contributed by atoms with E-state index < -0.39 is 11.6 Å². The molecular formula is C17H14F2N2. The molecular weight excluding hydrogens is 270 g/mol. The molecule has 0 saturated carbocycles. The molecule has 2 nitrogen and oxygen atoms in total. The first-order valence-corrected chi connectivity index (χ1v) is 7.13. The van der Waals surface area contributed by atoms with E-state index in [0.717, 1.165) is 31.2 Å². The van der Waals surface area contributed by atoms with Crippen molar-refractivity contribution in [2.24, 2.45) is 0 Å². The summed E-state index contributed by atoms with van der Waals surface area (Å²) in [5, 5.41) is 0. The summed E-state index contributed by atoms with van der Waals surface area (Å²) in [7, 11) is 0. The molecule has 4 heteroatoms. The first-order chi connectivity index (χ1) is 10.2. The Bertz CT molecular complexity index is 823. The average molecular weight is 284 g/mol. The Hall–Kier alpha value is -2.23. The highest BCUT2D eigenvalue weighted by molar-refractivity contribution is 5.76. The SMILES string of the molecule is Fc1ccc2[nH]c(C3CCc4ccccc4C3)nc2c1F. The molecule has 21 heavy (non-hydrogen) atoms. The van der Waals surface area contributed by atoms with E-state index in [0.29, 0.717) is 5.52 Å². The summed E-state index contributed by atoms with van der Waals surface area (Å²) >= 11 is 0. The Morgan fingerprint density at radius 3 is 2.71 bits per heavy atom. The number of imidazole rings is 1. The molecule has 106 valence electrons. The third kappa shape index (κ3) is 2.02. The van der Waals surface area contributed by atoms with E-state index in [1.165, 1.54) is 11.1 Å². The van der Waals surface area contributed by atoms with Gasteiger partial charge in [0.05, 0.1) is 5.52 Å². The lowest BCUT2D eigenvalue weighted by molar-refractivity contribution is 0.515. The van der Waals surface area contributed by atoms with Crippen molar-refractivity contribution in [3.8, 4) is 0 Å². The van der Waals surface area contributed by atoms with Crippen LogP contribution in [-0.2, 0) is 12.8 Å². The summed E-state index contributed by atoms with van der Waals surface area (Å²) in [4.78, 5) is 7.45. The van der Waals surface area contributed by atoms with E-state index in [1.54, 1.807) is 6.07 Å². The molecule has 1 atom stereocenters. The van der Waals surface area contributed by atoms with Gasteiger partial charge < -0.3 is 4.98 Å². The van der Waals surface area contributed by atoms with Crippen molar-refractivity contribution in [3.63, 3.8) is 0 Å². The number of benzene rings is 2. The van der Waals surface area contributed by atoms with Crippen molar-refractivity contribution in [2.45, 2.75) is 25.2 Å². The maximum absolute atomic E-state index is 13.8. The van der Waals surface area contributed by atoms with Gasteiger partial charge in [-0.05, 0) is 42.5 Å². The second-order valence-electron chi connectivity index (χ2n) is 5.59. The fraction of sp³-hybridized carbons (Fsp3) is 0.235. The zero-order valence-electron chi connectivity index (χ0n) is 11.4. The van der Waals surface area contributed by atoms with Crippen LogP contribution >= 0.6 is 0 Å². The predicted molar refractivity (Wildman–Crippen MR) is 77.2 cm³/mol. The zero-order chi connectivity index (χ0) is 14.4. The highest BCUT2D eigenvalue weighted by atomic mass is 19.2. The Morgan fingerprint density at radius 2 is 1.86 bits per heavy atom. The second-order valence-corrected chi connectivity index (χ2v) is 5.59. The molecule has 1 unspecified atom stereocenters. The maximum atomic E-state index is 13.8. The van der Waals surface area contributed by atoms with Crippen LogP contribution in [0.25, 0.3) is 11.0 Å². The number of nitrogens with one attached hydrogen (secondary N) is 1. The lowest BCUT2D eigenvalue weighted by atomic mass is 9.83.